The number of hydrogen-bond acceptors (Lipinski definition) is 5. The molecule has 35 heavy (non-hydrogen) atoms. The van der Waals surface area contributed by atoms with Crippen molar-refractivity contribution in [2.45, 2.75) is 57.4 Å². The van der Waals surface area contributed by atoms with Gasteiger partial charge in [-0.2, -0.15) is 4.31 Å². The van der Waals surface area contributed by atoms with Gasteiger partial charge in [0.05, 0.1) is 10.4 Å². The highest BCUT2D eigenvalue weighted by Crippen LogP contribution is 2.23. The van der Waals surface area contributed by atoms with Crippen molar-refractivity contribution >= 4 is 27.0 Å². The van der Waals surface area contributed by atoms with Gasteiger partial charge in [-0.25, -0.2) is 13.1 Å². The fourth-order valence-electron chi connectivity index (χ4n) is 4.86. The summed E-state index contributed by atoms with van der Waals surface area (Å²) in [5.74, 6) is 0.832. The summed E-state index contributed by atoms with van der Waals surface area (Å²) in [7, 11) is -3.54. The second kappa shape index (κ2) is 11.3. The molecular weight excluding hydrogens is 462 g/mol. The molecule has 1 aliphatic rings. The molecule has 1 fully saturated rings. The molecule has 9 heteroatoms. The van der Waals surface area contributed by atoms with E-state index < -0.39 is 10.0 Å². The van der Waals surface area contributed by atoms with E-state index in [-0.39, 0.29) is 10.8 Å². The van der Waals surface area contributed by atoms with Crippen molar-refractivity contribution in [1.29, 1.82) is 0 Å². The highest BCUT2D eigenvalue weighted by molar-refractivity contribution is 7.89. The molecule has 1 saturated heterocycles. The van der Waals surface area contributed by atoms with Crippen LogP contribution in [-0.2, 0) is 27.8 Å². The molecule has 1 aliphatic heterocycles. The number of hydrogen-bond donors (Lipinski definition) is 0. The quantitative estimate of drug-likeness (QED) is 0.426. The minimum Gasteiger partial charge on any atom is -0.343 e. The van der Waals surface area contributed by atoms with Crippen LogP contribution in [0.15, 0.2) is 53.4 Å². The Balaban J connectivity index is 1.28. The van der Waals surface area contributed by atoms with Gasteiger partial charge in [0.1, 0.15) is 5.52 Å². The number of rotatable bonds is 10. The number of amides is 1. The second-order valence-corrected chi connectivity index (χ2v) is 11.1. The Hall–Kier alpha value is -2.78. The van der Waals surface area contributed by atoms with E-state index in [4.69, 9.17) is 0 Å². The molecule has 0 unspecified atom stereocenters. The maximum atomic E-state index is 12.8. The molecule has 188 valence electrons. The minimum absolute atomic E-state index is 0.195. The average molecular weight is 498 g/mol. The van der Waals surface area contributed by atoms with Crippen LogP contribution in [0.3, 0.4) is 0 Å². The number of aryl methyl sites for hydroxylation is 1. The molecule has 0 spiro atoms. The molecule has 2 heterocycles. The van der Waals surface area contributed by atoms with Crippen molar-refractivity contribution in [3.05, 3.63) is 54.1 Å². The van der Waals surface area contributed by atoms with Crippen molar-refractivity contribution in [2.24, 2.45) is 5.92 Å². The number of carbonyl (C=O) groups excluding carboxylic acids is 1. The van der Waals surface area contributed by atoms with Gasteiger partial charge in [-0.1, -0.05) is 49.4 Å². The maximum Gasteiger partial charge on any atom is 0.243 e. The lowest BCUT2D eigenvalue weighted by Crippen LogP contribution is -2.38. The number of likely N-dealkylation sites (tertiary alicyclic amines) is 1. The molecule has 2 aromatic carbocycles. The third-order valence-corrected chi connectivity index (χ3v) is 8.97. The van der Waals surface area contributed by atoms with Crippen LogP contribution in [-0.4, -0.2) is 64.7 Å². The van der Waals surface area contributed by atoms with Gasteiger partial charge in [0, 0.05) is 39.1 Å². The Morgan fingerprint density at radius 1 is 1.06 bits per heavy atom. The predicted molar refractivity (Wildman–Crippen MR) is 136 cm³/mol. The number of aromatic nitrogens is 3. The molecule has 0 bridgehead atoms. The Morgan fingerprint density at radius 2 is 1.77 bits per heavy atom. The predicted octanol–water partition coefficient (Wildman–Crippen LogP) is 3.72. The van der Waals surface area contributed by atoms with Gasteiger partial charge in [0.2, 0.25) is 15.9 Å². The molecule has 1 aromatic heterocycles. The number of nitrogens with zero attached hydrogens (tertiary/aromatic N) is 5. The summed E-state index contributed by atoms with van der Waals surface area (Å²) < 4.78 is 28.7. The van der Waals surface area contributed by atoms with Crippen LogP contribution in [0, 0.1) is 5.92 Å². The van der Waals surface area contributed by atoms with Gasteiger partial charge in [-0.15, -0.1) is 5.10 Å². The van der Waals surface area contributed by atoms with Crippen LogP contribution in [0.5, 0.6) is 0 Å². The van der Waals surface area contributed by atoms with Crippen molar-refractivity contribution < 1.29 is 13.2 Å². The monoisotopic (exact) mass is 497 g/mol. The van der Waals surface area contributed by atoms with E-state index in [1.807, 2.05) is 24.8 Å². The maximum absolute atomic E-state index is 12.8. The molecule has 1 amide bonds. The first-order chi connectivity index (χ1) is 16.9. The molecule has 0 radical (unpaired) electrons. The zero-order valence-electron chi connectivity index (χ0n) is 20.6. The highest BCUT2D eigenvalue weighted by Gasteiger charge is 2.24. The molecule has 0 atom stereocenters. The first kappa shape index (κ1) is 25.3. The molecule has 0 saturated carbocycles. The molecule has 0 aliphatic carbocycles. The summed E-state index contributed by atoms with van der Waals surface area (Å²) in [6, 6.07) is 15.5. The van der Waals surface area contributed by atoms with E-state index >= 15 is 0 Å². The van der Waals surface area contributed by atoms with Crippen LogP contribution in [0.1, 0.15) is 45.1 Å². The van der Waals surface area contributed by atoms with Crippen molar-refractivity contribution in [2.75, 3.05) is 26.2 Å². The fraction of sp³-hybridized carbons (Fsp3) is 0.500. The number of carbonyl (C=O) groups is 1. The minimum atomic E-state index is -3.54. The normalized spacial score (nSPS) is 15.2. The number of benzene rings is 2. The largest absolute Gasteiger partial charge is 0.343 e. The number of fused-ring (bicyclic) bond motifs is 1. The van der Waals surface area contributed by atoms with E-state index in [9.17, 15) is 13.2 Å². The highest BCUT2D eigenvalue weighted by atomic mass is 32.2. The SMILES string of the molecule is CCN(CC)S(=O)(=O)c1ccc2c(c1)nnn2CCCC(=O)N1CCC(Cc2ccccc2)CC1. The van der Waals surface area contributed by atoms with Crippen molar-refractivity contribution in [3.8, 4) is 0 Å². The van der Waals surface area contributed by atoms with Crippen LogP contribution >= 0.6 is 0 Å². The lowest BCUT2D eigenvalue weighted by molar-refractivity contribution is -0.132. The van der Waals surface area contributed by atoms with E-state index in [0.717, 1.165) is 37.9 Å². The van der Waals surface area contributed by atoms with Gasteiger partial charge < -0.3 is 4.90 Å². The van der Waals surface area contributed by atoms with Gasteiger partial charge in [0.15, 0.2) is 0 Å². The third kappa shape index (κ3) is 5.90. The average Bonchev–Trinajstić information content (AvgIpc) is 3.28. The van der Waals surface area contributed by atoms with E-state index in [1.54, 1.807) is 22.9 Å². The molecule has 4 rings (SSSR count). The smallest absolute Gasteiger partial charge is 0.243 e. The van der Waals surface area contributed by atoms with Crippen LogP contribution in [0.25, 0.3) is 11.0 Å². The van der Waals surface area contributed by atoms with E-state index in [1.165, 1.54) is 9.87 Å². The lowest BCUT2D eigenvalue weighted by atomic mass is 9.90. The molecule has 3 aromatic rings. The third-order valence-electron chi connectivity index (χ3n) is 6.92. The van der Waals surface area contributed by atoms with E-state index in [2.05, 4.69) is 34.6 Å². The summed E-state index contributed by atoms with van der Waals surface area (Å²) in [5.41, 5.74) is 2.69. The number of piperidine rings is 1. The summed E-state index contributed by atoms with van der Waals surface area (Å²) in [5, 5.41) is 8.36. The Labute approximate surface area is 208 Å². The topological polar surface area (TPSA) is 88.4 Å². The lowest BCUT2D eigenvalue weighted by Gasteiger charge is -2.32. The van der Waals surface area contributed by atoms with Crippen molar-refractivity contribution in [3.63, 3.8) is 0 Å². The zero-order valence-corrected chi connectivity index (χ0v) is 21.5. The van der Waals surface area contributed by atoms with Gasteiger partial charge in [0.25, 0.3) is 0 Å². The summed E-state index contributed by atoms with van der Waals surface area (Å²) in [6.07, 6.45) is 4.32. The standard InChI is InChI=1S/C26H35N5O3S/c1-3-30(4-2)35(33,34)23-12-13-25-24(20-23)27-28-31(25)16-8-11-26(32)29-17-14-22(15-18-29)19-21-9-6-5-7-10-21/h5-7,9-10,12-13,20,22H,3-4,8,11,14-19H2,1-2H3. The van der Waals surface area contributed by atoms with Crippen LogP contribution in [0.2, 0.25) is 0 Å². The second-order valence-electron chi connectivity index (χ2n) is 9.17. The zero-order chi connectivity index (χ0) is 24.8. The summed E-state index contributed by atoms with van der Waals surface area (Å²) in [4.78, 5) is 15.0. The first-order valence-electron chi connectivity index (χ1n) is 12.6. The molecule has 0 N–H and O–H groups in total. The Bertz CT molecular complexity index is 1230. The molecular formula is C26H35N5O3S. The van der Waals surface area contributed by atoms with Crippen LogP contribution < -0.4 is 0 Å². The first-order valence-corrected chi connectivity index (χ1v) is 14.0. The van der Waals surface area contributed by atoms with Gasteiger partial charge in [-0.3, -0.25) is 4.79 Å². The molecule has 8 nitrogen and oxygen atoms in total. The Morgan fingerprint density at radius 3 is 2.46 bits per heavy atom. The summed E-state index contributed by atoms with van der Waals surface area (Å²) in [6.45, 7) is 6.70. The van der Waals surface area contributed by atoms with Gasteiger partial charge >= 0.3 is 0 Å². The van der Waals surface area contributed by atoms with Crippen LogP contribution in [0.4, 0.5) is 0 Å². The van der Waals surface area contributed by atoms with Gasteiger partial charge in [-0.05, 0) is 55.4 Å². The fourth-order valence-corrected chi connectivity index (χ4v) is 6.34. The summed E-state index contributed by atoms with van der Waals surface area (Å²) >= 11 is 0. The number of sulfonamides is 1. The Kier molecular flexibility index (Phi) is 8.18. The van der Waals surface area contributed by atoms with E-state index in [0.29, 0.717) is 43.9 Å². The van der Waals surface area contributed by atoms with Crippen molar-refractivity contribution in [1.82, 2.24) is 24.2 Å².